The standard InChI is InChI=1S/C19H19N5O4/c1-19(2,3)28-18(26)24-15-11(9-22-24)6-5-7-13(15)23-10-12(8-20)14(21)16(23)17(25)27-4/h5-7,9-10H,21H2,1-4H3. The van der Waals surface area contributed by atoms with E-state index in [4.69, 9.17) is 15.2 Å². The molecule has 9 nitrogen and oxygen atoms in total. The van der Waals surface area contributed by atoms with E-state index in [-0.39, 0.29) is 16.9 Å². The van der Waals surface area contributed by atoms with Crippen LogP contribution in [0, 0.1) is 11.3 Å². The normalized spacial score (nSPS) is 11.2. The number of nitrogens with two attached hydrogens (primary N) is 1. The fourth-order valence-corrected chi connectivity index (χ4v) is 2.80. The number of nitrogen functional groups attached to an aromatic ring is 1. The number of benzene rings is 1. The second-order valence-electron chi connectivity index (χ2n) is 7.03. The third-order valence-corrected chi connectivity index (χ3v) is 3.94. The molecule has 9 heteroatoms. The number of ether oxygens (including phenoxy) is 2. The second kappa shape index (κ2) is 6.74. The van der Waals surface area contributed by atoms with Crippen molar-refractivity contribution in [2.45, 2.75) is 26.4 Å². The third kappa shape index (κ3) is 3.16. The number of carbonyl (C=O) groups excluding carboxylic acids is 2. The van der Waals surface area contributed by atoms with Crippen molar-refractivity contribution >= 4 is 28.7 Å². The number of methoxy groups -OCH3 is 1. The van der Waals surface area contributed by atoms with Crippen LogP contribution in [-0.2, 0) is 9.47 Å². The van der Waals surface area contributed by atoms with Crippen molar-refractivity contribution in [3.8, 4) is 11.8 Å². The molecule has 0 saturated heterocycles. The number of para-hydroxylation sites is 1. The highest BCUT2D eigenvalue weighted by molar-refractivity contribution is 5.99. The zero-order valence-electron chi connectivity index (χ0n) is 15.9. The van der Waals surface area contributed by atoms with Gasteiger partial charge in [0.2, 0.25) is 0 Å². The lowest BCUT2D eigenvalue weighted by atomic mass is 10.2. The number of fused-ring (bicyclic) bond motifs is 1. The summed E-state index contributed by atoms with van der Waals surface area (Å²) < 4.78 is 12.8. The van der Waals surface area contributed by atoms with Crippen LogP contribution in [0.4, 0.5) is 10.5 Å². The van der Waals surface area contributed by atoms with E-state index in [1.165, 1.54) is 24.1 Å². The maximum Gasteiger partial charge on any atom is 0.435 e. The van der Waals surface area contributed by atoms with E-state index < -0.39 is 17.7 Å². The molecule has 144 valence electrons. The first-order valence-corrected chi connectivity index (χ1v) is 8.37. The SMILES string of the molecule is COC(=O)c1c(N)c(C#N)cn1-c1cccc2cnn(C(=O)OC(C)(C)C)c12. The summed E-state index contributed by atoms with van der Waals surface area (Å²) >= 11 is 0. The highest BCUT2D eigenvalue weighted by Gasteiger charge is 2.26. The van der Waals surface area contributed by atoms with Crippen LogP contribution < -0.4 is 5.73 Å². The van der Waals surface area contributed by atoms with Crippen molar-refractivity contribution in [3.63, 3.8) is 0 Å². The smallest absolute Gasteiger partial charge is 0.435 e. The molecule has 2 N–H and O–H groups in total. The molecule has 0 amide bonds. The van der Waals surface area contributed by atoms with Gasteiger partial charge in [-0.1, -0.05) is 12.1 Å². The fraction of sp³-hybridized carbons (Fsp3) is 0.263. The largest absolute Gasteiger partial charge is 0.464 e. The minimum absolute atomic E-state index is 0.00492. The van der Waals surface area contributed by atoms with Gasteiger partial charge < -0.3 is 19.8 Å². The van der Waals surface area contributed by atoms with E-state index in [2.05, 4.69) is 5.10 Å². The quantitative estimate of drug-likeness (QED) is 0.677. The summed E-state index contributed by atoms with van der Waals surface area (Å²) in [6.07, 6.45) is 2.26. The van der Waals surface area contributed by atoms with E-state index in [1.807, 2.05) is 6.07 Å². The summed E-state index contributed by atoms with van der Waals surface area (Å²) in [5.41, 5.74) is 6.18. The van der Waals surface area contributed by atoms with E-state index in [0.29, 0.717) is 16.6 Å². The van der Waals surface area contributed by atoms with E-state index in [1.54, 1.807) is 39.0 Å². The second-order valence-corrected chi connectivity index (χ2v) is 7.03. The van der Waals surface area contributed by atoms with Crippen molar-refractivity contribution in [2.24, 2.45) is 0 Å². The Labute approximate surface area is 160 Å². The highest BCUT2D eigenvalue weighted by Crippen LogP contribution is 2.29. The number of anilines is 1. The first-order valence-electron chi connectivity index (χ1n) is 8.37. The minimum Gasteiger partial charge on any atom is -0.464 e. The molecule has 3 rings (SSSR count). The first-order chi connectivity index (χ1) is 13.2. The molecule has 0 unspecified atom stereocenters. The molecule has 0 aliphatic heterocycles. The minimum atomic E-state index is -0.715. The van der Waals surface area contributed by atoms with Gasteiger partial charge in [0.25, 0.3) is 0 Å². The van der Waals surface area contributed by atoms with Crippen LogP contribution in [-0.4, -0.2) is 39.1 Å². The molecule has 28 heavy (non-hydrogen) atoms. The summed E-state index contributed by atoms with van der Waals surface area (Å²) in [4.78, 5) is 24.9. The number of hydrogen-bond donors (Lipinski definition) is 1. The molecule has 3 aromatic rings. The molecule has 1 aromatic carbocycles. The van der Waals surface area contributed by atoms with Gasteiger partial charge in [-0.15, -0.1) is 0 Å². The van der Waals surface area contributed by atoms with Gasteiger partial charge in [0.1, 0.15) is 17.2 Å². The first kappa shape index (κ1) is 19.0. The summed E-state index contributed by atoms with van der Waals surface area (Å²) in [5.74, 6) is -0.709. The molecule has 0 bridgehead atoms. The van der Waals surface area contributed by atoms with Gasteiger partial charge in [0.15, 0.2) is 5.69 Å². The lowest BCUT2D eigenvalue weighted by Gasteiger charge is -2.19. The average Bonchev–Trinajstić information content (AvgIpc) is 3.20. The Morgan fingerprint density at radius 1 is 1.29 bits per heavy atom. The Kier molecular flexibility index (Phi) is 4.56. The summed E-state index contributed by atoms with van der Waals surface area (Å²) in [5, 5.41) is 14.1. The molecule has 0 aliphatic carbocycles. The van der Waals surface area contributed by atoms with Crippen molar-refractivity contribution < 1.29 is 19.1 Å². The number of aromatic nitrogens is 3. The van der Waals surface area contributed by atoms with E-state index in [9.17, 15) is 14.9 Å². The van der Waals surface area contributed by atoms with Crippen LogP contribution in [0.3, 0.4) is 0 Å². The van der Waals surface area contributed by atoms with E-state index >= 15 is 0 Å². The van der Waals surface area contributed by atoms with Crippen molar-refractivity contribution in [3.05, 3.63) is 41.9 Å². The Balaban J connectivity index is 2.29. The van der Waals surface area contributed by atoms with Crippen LogP contribution in [0.25, 0.3) is 16.6 Å². The van der Waals surface area contributed by atoms with Crippen LogP contribution in [0.1, 0.15) is 36.8 Å². The molecule has 0 saturated carbocycles. The number of carbonyl (C=O) groups is 2. The number of nitrogens with zero attached hydrogens (tertiary/aromatic N) is 4. The number of esters is 1. The molecule has 0 spiro atoms. The average molecular weight is 381 g/mol. The predicted molar refractivity (Wildman–Crippen MR) is 101 cm³/mol. The molecule has 0 aliphatic rings. The molecule has 0 radical (unpaired) electrons. The van der Waals surface area contributed by atoms with Crippen molar-refractivity contribution in [2.75, 3.05) is 12.8 Å². The summed E-state index contributed by atoms with van der Waals surface area (Å²) in [6.45, 7) is 5.25. The monoisotopic (exact) mass is 381 g/mol. The Morgan fingerprint density at radius 3 is 2.61 bits per heavy atom. The van der Waals surface area contributed by atoms with Gasteiger partial charge in [-0.25, -0.2) is 9.59 Å². The maximum atomic E-state index is 12.6. The molecule has 0 atom stereocenters. The van der Waals surface area contributed by atoms with Gasteiger partial charge in [-0.3, -0.25) is 0 Å². The van der Waals surface area contributed by atoms with Crippen molar-refractivity contribution in [1.82, 2.24) is 14.3 Å². The number of nitriles is 1. The molecule has 2 heterocycles. The lowest BCUT2D eigenvalue weighted by Crippen LogP contribution is -2.28. The number of hydrogen-bond acceptors (Lipinski definition) is 7. The van der Waals surface area contributed by atoms with Gasteiger partial charge in [0, 0.05) is 11.6 Å². The third-order valence-electron chi connectivity index (χ3n) is 3.94. The fourth-order valence-electron chi connectivity index (χ4n) is 2.80. The highest BCUT2D eigenvalue weighted by atomic mass is 16.6. The maximum absolute atomic E-state index is 12.6. The zero-order chi connectivity index (χ0) is 20.6. The molecule has 2 aromatic heterocycles. The topological polar surface area (TPSA) is 125 Å². The van der Waals surface area contributed by atoms with Gasteiger partial charge >= 0.3 is 12.1 Å². The van der Waals surface area contributed by atoms with E-state index in [0.717, 1.165) is 4.68 Å². The van der Waals surface area contributed by atoms with Crippen LogP contribution in [0.2, 0.25) is 0 Å². The molecular weight excluding hydrogens is 362 g/mol. The Hall–Kier alpha value is -3.80. The Morgan fingerprint density at radius 2 is 2.00 bits per heavy atom. The van der Waals surface area contributed by atoms with Gasteiger partial charge in [0.05, 0.1) is 30.2 Å². The zero-order valence-corrected chi connectivity index (χ0v) is 15.9. The van der Waals surface area contributed by atoms with Gasteiger partial charge in [-0.05, 0) is 26.8 Å². The Bertz CT molecular complexity index is 1130. The van der Waals surface area contributed by atoms with Gasteiger partial charge in [-0.2, -0.15) is 15.0 Å². The molecule has 0 fully saturated rings. The van der Waals surface area contributed by atoms with Crippen LogP contribution >= 0.6 is 0 Å². The van der Waals surface area contributed by atoms with Crippen LogP contribution in [0.5, 0.6) is 0 Å². The summed E-state index contributed by atoms with van der Waals surface area (Å²) in [6, 6.07) is 7.13. The predicted octanol–water partition coefficient (Wildman–Crippen LogP) is 2.85. The number of rotatable bonds is 2. The summed E-state index contributed by atoms with van der Waals surface area (Å²) in [7, 11) is 1.22. The van der Waals surface area contributed by atoms with Crippen molar-refractivity contribution in [1.29, 1.82) is 5.26 Å². The van der Waals surface area contributed by atoms with Crippen LogP contribution in [0.15, 0.2) is 30.6 Å². The molecular formula is C19H19N5O4. The lowest BCUT2D eigenvalue weighted by molar-refractivity contribution is 0.0522.